The van der Waals surface area contributed by atoms with E-state index in [4.69, 9.17) is 0 Å². The minimum Gasteiger partial charge on any atom is -0.312 e. The third-order valence-corrected chi connectivity index (χ3v) is 3.85. The molecule has 1 aliphatic heterocycles. The molecule has 2 atom stereocenters. The van der Waals surface area contributed by atoms with Crippen molar-refractivity contribution in [1.82, 2.24) is 5.32 Å². The van der Waals surface area contributed by atoms with Gasteiger partial charge in [0.05, 0.1) is 0 Å². The summed E-state index contributed by atoms with van der Waals surface area (Å²) in [6.45, 7) is 5.26. The van der Waals surface area contributed by atoms with Gasteiger partial charge in [0.1, 0.15) is 5.78 Å². The van der Waals surface area contributed by atoms with E-state index in [0.717, 1.165) is 31.6 Å². The zero-order valence-corrected chi connectivity index (χ0v) is 10.0. The molecule has 1 fully saturated rings. The molecule has 0 aliphatic carbocycles. The minimum atomic E-state index is 0.258. The van der Waals surface area contributed by atoms with Crippen molar-refractivity contribution in [2.24, 2.45) is 5.92 Å². The van der Waals surface area contributed by atoms with Gasteiger partial charge >= 0.3 is 0 Å². The molecule has 0 aromatic heterocycles. The molecule has 1 N–H and O–H groups in total. The maximum absolute atomic E-state index is 11.8. The van der Waals surface area contributed by atoms with Gasteiger partial charge in [-0.1, -0.05) is 20.3 Å². The molecule has 1 rings (SSSR count). The van der Waals surface area contributed by atoms with Gasteiger partial charge in [-0.3, -0.25) is 4.79 Å². The summed E-state index contributed by atoms with van der Waals surface area (Å²) in [6, 6.07) is 0.431. The maximum Gasteiger partial charge on any atom is 0.137 e. The van der Waals surface area contributed by atoms with Crippen molar-refractivity contribution in [3.05, 3.63) is 0 Å². The Kier molecular flexibility index (Phi) is 5.56. The molecular formula is C11H21NOS. The highest BCUT2D eigenvalue weighted by atomic mass is 32.2. The monoisotopic (exact) mass is 215 g/mol. The summed E-state index contributed by atoms with van der Waals surface area (Å²) in [6.07, 6.45) is 2.88. The van der Waals surface area contributed by atoms with Gasteiger partial charge in [0, 0.05) is 36.4 Å². The highest BCUT2D eigenvalue weighted by molar-refractivity contribution is 7.99. The van der Waals surface area contributed by atoms with Gasteiger partial charge in [0.2, 0.25) is 0 Å². The zero-order valence-electron chi connectivity index (χ0n) is 9.21. The van der Waals surface area contributed by atoms with Crippen molar-refractivity contribution in [1.29, 1.82) is 0 Å². The average Bonchev–Trinajstić information content (AvgIpc) is 2.19. The summed E-state index contributed by atoms with van der Waals surface area (Å²) in [5.41, 5.74) is 0. The fraction of sp³-hybridized carbons (Fsp3) is 0.909. The van der Waals surface area contributed by atoms with E-state index in [1.165, 1.54) is 5.75 Å². The second-order valence-corrected chi connectivity index (χ2v) is 5.24. The Balaban J connectivity index is 2.24. The number of nitrogens with one attached hydrogen (secondary N) is 1. The van der Waals surface area contributed by atoms with Crippen LogP contribution in [0.2, 0.25) is 0 Å². The first-order chi connectivity index (χ1) is 6.74. The fourth-order valence-corrected chi connectivity index (χ4v) is 2.74. The van der Waals surface area contributed by atoms with Crippen LogP contribution < -0.4 is 5.32 Å². The van der Waals surface area contributed by atoms with E-state index < -0.39 is 0 Å². The quantitative estimate of drug-likeness (QED) is 0.761. The van der Waals surface area contributed by atoms with E-state index in [0.29, 0.717) is 11.8 Å². The van der Waals surface area contributed by atoms with Crippen LogP contribution in [0, 0.1) is 5.92 Å². The van der Waals surface area contributed by atoms with Crippen LogP contribution in [-0.2, 0) is 4.79 Å². The standard InChI is InChI=1S/C11H21NOS/c1-3-4-9(2)11(13)7-10-8-14-6-5-12-10/h9-10,12H,3-8H2,1-2H3. The Morgan fingerprint density at radius 2 is 2.43 bits per heavy atom. The first-order valence-corrected chi connectivity index (χ1v) is 6.73. The summed E-state index contributed by atoms with van der Waals surface area (Å²) in [5, 5.41) is 3.41. The molecule has 0 amide bonds. The van der Waals surface area contributed by atoms with Crippen molar-refractivity contribution in [2.45, 2.75) is 39.2 Å². The lowest BCUT2D eigenvalue weighted by atomic mass is 9.96. The van der Waals surface area contributed by atoms with E-state index in [2.05, 4.69) is 19.2 Å². The highest BCUT2D eigenvalue weighted by Crippen LogP contribution is 2.15. The molecule has 0 aromatic carbocycles. The van der Waals surface area contributed by atoms with Crippen molar-refractivity contribution >= 4 is 17.5 Å². The second kappa shape index (κ2) is 6.46. The number of hydrogen-bond donors (Lipinski definition) is 1. The number of rotatable bonds is 5. The molecule has 82 valence electrons. The molecule has 1 heterocycles. The molecule has 2 nitrogen and oxygen atoms in total. The number of ketones is 1. The van der Waals surface area contributed by atoms with Crippen LogP contribution in [0.1, 0.15) is 33.1 Å². The Morgan fingerprint density at radius 1 is 1.64 bits per heavy atom. The summed E-state index contributed by atoms with van der Waals surface area (Å²) >= 11 is 1.96. The van der Waals surface area contributed by atoms with E-state index in [1.54, 1.807) is 0 Å². The minimum absolute atomic E-state index is 0.258. The van der Waals surface area contributed by atoms with Gasteiger partial charge in [-0.15, -0.1) is 0 Å². The van der Waals surface area contributed by atoms with Crippen LogP contribution in [0.15, 0.2) is 0 Å². The summed E-state index contributed by atoms with van der Waals surface area (Å²) in [4.78, 5) is 11.8. The van der Waals surface area contributed by atoms with Crippen molar-refractivity contribution in [3.63, 3.8) is 0 Å². The molecular weight excluding hydrogens is 194 g/mol. The fourth-order valence-electron chi connectivity index (χ4n) is 1.79. The summed E-state index contributed by atoms with van der Waals surface area (Å²) in [5.74, 6) is 2.99. The van der Waals surface area contributed by atoms with Gasteiger partial charge in [-0.05, 0) is 6.42 Å². The first kappa shape index (κ1) is 12.1. The summed E-state index contributed by atoms with van der Waals surface area (Å²) in [7, 11) is 0. The van der Waals surface area contributed by atoms with Crippen LogP contribution in [-0.4, -0.2) is 29.9 Å². The first-order valence-electron chi connectivity index (χ1n) is 5.58. The second-order valence-electron chi connectivity index (χ2n) is 4.09. The number of carbonyl (C=O) groups is 1. The van der Waals surface area contributed by atoms with Gasteiger partial charge in [0.15, 0.2) is 0 Å². The lowest BCUT2D eigenvalue weighted by molar-refractivity contribution is -0.122. The van der Waals surface area contributed by atoms with Gasteiger partial charge in [-0.2, -0.15) is 11.8 Å². The normalized spacial score (nSPS) is 24.6. The van der Waals surface area contributed by atoms with Crippen LogP contribution in [0.25, 0.3) is 0 Å². The Morgan fingerprint density at radius 3 is 3.00 bits per heavy atom. The van der Waals surface area contributed by atoms with Crippen molar-refractivity contribution in [2.75, 3.05) is 18.1 Å². The lowest BCUT2D eigenvalue weighted by Gasteiger charge is -2.23. The Hall–Kier alpha value is -0.0200. The predicted octanol–water partition coefficient (Wildman–Crippen LogP) is 2.09. The predicted molar refractivity (Wildman–Crippen MR) is 62.8 cm³/mol. The van der Waals surface area contributed by atoms with E-state index in [9.17, 15) is 4.79 Å². The van der Waals surface area contributed by atoms with Crippen LogP contribution in [0.4, 0.5) is 0 Å². The maximum atomic E-state index is 11.8. The Labute approximate surface area is 91.2 Å². The number of thioether (sulfide) groups is 1. The molecule has 0 saturated carbocycles. The molecule has 0 spiro atoms. The average molecular weight is 215 g/mol. The number of Topliss-reactive ketones (excluding diaryl/α,β-unsaturated/α-hetero) is 1. The molecule has 0 bridgehead atoms. The molecule has 1 aliphatic rings. The van der Waals surface area contributed by atoms with E-state index >= 15 is 0 Å². The number of carbonyl (C=O) groups excluding carboxylic acids is 1. The molecule has 0 aromatic rings. The van der Waals surface area contributed by atoms with E-state index in [1.807, 2.05) is 11.8 Å². The lowest BCUT2D eigenvalue weighted by Crippen LogP contribution is -2.39. The van der Waals surface area contributed by atoms with Crippen LogP contribution >= 0.6 is 11.8 Å². The van der Waals surface area contributed by atoms with Gasteiger partial charge < -0.3 is 5.32 Å². The third-order valence-electron chi connectivity index (χ3n) is 2.72. The smallest absolute Gasteiger partial charge is 0.137 e. The molecule has 3 heteroatoms. The van der Waals surface area contributed by atoms with E-state index in [-0.39, 0.29) is 5.92 Å². The largest absolute Gasteiger partial charge is 0.312 e. The summed E-state index contributed by atoms with van der Waals surface area (Å²) < 4.78 is 0. The molecule has 2 unspecified atom stereocenters. The molecule has 1 saturated heterocycles. The van der Waals surface area contributed by atoms with Crippen LogP contribution in [0.3, 0.4) is 0 Å². The number of hydrogen-bond acceptors (Lipinski definition) is 3. The van der Waals surface area contributed by atoms with Gasteiger partial charge in [0.25, 0.3) is 0 Å². The Bertz CT molecular complexity index is 178. The molecule has 0 radical (unpaired) electrons. The topological polar surface area (TPSA) is 29.1 Å². The van der Waals surface area contributed by atoms with Crippen molar-refractivity contribution in [3.8, 4) is 0 Å². The van der Waals surface area contributed by atoms with Crippen LogP contribution in [0.5, 0.6) is 0 Å². The zero-order chi connectivity index (χ0) is 10.4. The molecule has 14 heavy (non-hydrogen) atoms. The van der Waals surface area contributed by atoms with Crippen molar-refractivity contribution < 1.29 is 4.79 Å². The highest BCUT2D eigenvalue weighted by Gasteiger charge is 2.19. The SMILES string of the molecule is CCCC(C)C(=O)CC1CSCCN1. The van der Waals surface area contributed by atoms with Gasteiger partial charge in [-0.25, -0.2) is 0 Å². The third kappa shape index (κ3) is 4.01.